The first kappa shape index (κ1) is 22.9. The molecule has 2 aliphatic heterocycles. The molecular formula is C21H24N4O4S3. The Morgan fingerprint density at radius 3 is 2.75 bits per heavy atom. The zero-order valence-corrected chi connectivity index (χ0v) is 20.4. The van der Waals surface area contributed by atoms with E-state index < -0.39 is 15.9 Å². The van der Waals surface area contributed by atoms with E-state index in [9.17, 15) is 18.0 Å². The molecule has 1 N–H and O–H groups in total. The lowest BCUT2D eigenvalue weighted by Gasteiger charge is -2.20. The molecule has 11 heteroatoms. The summed E-state index contributed by atoms with van der Waals surface area (Å²) in [6.45, 7) is 6.59. The number of thioether (sulfide) groups is 1. The number of aromatic nitrogens is 2. The summed E-state index contributed by atoms with van der Waals surface area (Å²) in [5.41, 5.74) is 1.39. The van der Waals surface area contributed by atoms with E-state index in [1.165, 1.54) is 15.4 Å². The molecule has 8 nitrogen and oxygen atoms in total. The molecule has 1 atom stereocenters. The van der Waals surface area contributed by atoms with E-state index in [0.29, 0.717) is 39.6 Å². The van der Waals surface area contributed by atoms with E-state index in [0.717, 1.165) is 17.3 Å². The second kappa shape index (κ2) is 8.60. The number of rotatable bonds is 5. The van der Waals surface area contributed by atoms with Crippen molar-refractivity contribution in [1.29, 1.82) is 0 Å². The molecule has 170 valence electrons. The molecule has 2 aliphatic rings. The Bertz CT molecular complexity index is 1310. The molecule has 0 spiro atoms. The van der Waals surface area contributed by atoms with Crippen molar-refractivity contribution in [2.45, 2.75) is 33.2 Å². The molecule has 4 rings (SSSR count). The summed E-state index contributed by atoms with van der Waals surface area (Å²) in [6.07, 6.45) is 3.60. The lowest BCUT2D eigenvalue weighted by molar-refractivity contribution is -0.123. The average Bonchev–Trinajstić information content (AvgIpc) is 3.20. The van der Waals surface area contributed by atoms with E-state index in [2.05, 4.69) is 10.3 Å². The topological polar surface area (TPSA) is 101 Å². The van der Waals surface area contributed by atoms with Crippen LogP contribution in [0.5, 0.6) is 0 Å². The van der Waals surface area contributed by atoms with Crippen LogP contribution in [0.25, 0.3) is 11.7 Å². The van der Waals surface area contributed by atoms with Crippen LogP contribution in [0.3, 0.4) is 0 Å². The number of hydrogen-bond donors (Lipinski definition) is 1. The maximum Gasteiger partial charge on any atom is 0.267 e. The standard InChI is InChI=1S/C21H24N4O4S3/c1-12(2)9-22-18-15(19(26)24-10-13(3)4-5-17(24)23-18)8-16-20(27)25(21(30)31-16)14-6-7-32(28,29)11-14/h4-5,8,10,12,14,22H,6-7,9,11H2,1-3H3/b16-8-/t14-/m0/s1. The molecule has 0 saturated carbocycles. The number of carbonyl (C=O) groups is 1. The zero-order valence-electron chi connectivity index (χ0n) is 18.0. The Hall–Kier alpha value is -2.24. The fraction of sp³-hybridized carbons (Fsp3) is 0.429. The summed E-state index contributed by atoms with van der Waals surface area (Å²) in [7, 11) is -3.17. The maximum atomic E-state index is 13.3. The van der Waals surface area contributed by atoms with Gasteiger partial charge in [-0.2, -0.15) is 0 Å². The van der Waals surface area contributed by atoms with Crippen molar-refractivity contribution in [2.75, 3.05) is 23.4 Å². The highest BCUT2D eigenvalue weighted by molar-refractivity contribution is 8.26. The van der Waals surface area contributed by atoms with Crippen LogP contribution in [0, 0.1) is 12.8 Å². The van der Waals surface area contributed by atoms with Crippen LogP contribution in [-0.4, -0.2) is 57.0 Å². The van der Waals surface area contributed by atoms with Crippen molar-refractivity contribution in [2.24, 2.45) is 5.92 Å². The van der Waals surface area contributed by atoms with Gasteiger partial charge in [0.15, 0.2) is 9.84 Å². The molecule has 1 amide bonds. The van der Waals surface area contributed by atoms with Gasteiger partial charge in [-0.3, -0.25) is 18.9 Å². The Labute approximate surface area is 196 Å². The summed E-state index contributed by atoms with van der Waals surface area (Å²) < 4.78 is 25.6. The number of amides is 1. The van der Waals surface area contributed by atoms with Gasteiger partial charge >= 0.3 is 0 Å². The molecule has 0 aliphatic carbocycles. The van der Waals surface area contributed by atoms with Crippen molar-refractivity contribution in [1.82, 2.24) is 14.3 Å². The highest BCUT2D eigenvalue weighted by atomic mass is 32.2. The van der Waals surface area contributed by atoms with Crippen LogP contribution in [0.15, 0.2) is 28.0 Å². The lowest BCUT2D eigenvalue weighted by Crippen LogP contribution is -2.39. The molecular weight excluding hydrogens is 468 g/mol. The summed E-state index contributed by atoms with van der Waals surface area (Å²) in [5.74, 6) is 0.315. The zero-order chi connectivity index (χ0) is 23.2. The second-order valence-corrected chi connectivity index (χ2v) is 12.4. The van der Waals surface area contributed by atoms with Gasteiger partial charge in [0, 0.05) is 12.7 Å². The monoisotopic (exact) mass is 492 g/mol. The summed E-state index contributed by atoms with van der Waals surface area (Å²) >= 11 is 6.47. The third kappa shape index (κ3) is 4.46. The van der Waals surface area contributed by atoms with E-state index >= 15 is 0 Å². The van der Waals surface area contributed by atoms with Gasteiger partial charge in [0.05, 0.1) is 28.0 Å². The molecule has 32 heavy (non-hydrogen) atoms. The van der Waals surface area contributed by atoms with Gasteiger partial charge < -0.3 is 5.32 Å². The van der Waals surface area contributed by atoms with Gasteiger partial charge in [0.2, 0.25) is 0 Å². The van der Waals surface area contributed by atoms with E-state index in [1.54, 1.807) is 12.3 Å². The molecule has 0 bridgehead atoms. The predicted molar refractivity (Wildman–Crippen MR) is 132 cm³/mol. The van der Waals surface area contributed by atoms with Crippen LogP contribution in [-0.2, 0) is 14.6 Å². The molecule has 0 unspecified atom stereocenters. The number of nitrogens with zero attached hydrogens (tertiary/aromatic N) is 3. The van der Waals surface area contributed by atoms with Crippen molar-refractivity contribution in [3.63, 3.8) is 0 Å². The molecule has 0 aromatic carbocycles. The van der Waals surface area contributed by atoms with Crippen LogP contribution in [0.2, 0.25) is 0 Å². The van der Waals surface area contributed by atoms with E-state index in [4.69, 9.17) is 12.2 Å². The lowest BCUT2D eigenvalue weighted by atomic mass is 10.2. The van der Waals surface area contributed by atoms with Crippen molar-refractivity contribution >= 4 is 61.6 Å². The fourth-order valence-corrected chi connectivity index (χ4v) is 6.81. The number of carbonyl (C=O) groups excluding carboxylic acids is 1. The minimum Gasteiger partial charge on any atom is -0.369 e. The average molecular weight is 493 g/mol. The summed E-state index contributed by atoms with van der Waals surface area (Å²) in [4.78, 5) is 32.8. The van der Waals surface area contributed by atoms with Crippen molar-refractivity contribution in [3.8, 4) is 0 Å². The quantitative estimate of drug-likeness (QED) is 0.502. The number of nitrogens with one attached hydrogen (secondary N) is 1. The van der Waals surface area contributed by atoms with Gasteiger partial charge in [-0.05, 0) is 37.0 Å². The number of fused-ring (bicyclic) bond motifs is 1. The predicted octanol–water partition coefficient (Wildman–Crippen LogP) is 2.46. The highest BCUT2D eigenvalue weighted by Crippen LogP contribution is 2.36. The highest BCUT2D eigenvalue weighted by Gasteiger charge is 2.42. The number of sulfone groups is 1. The number of aryl methyl sites for hydroxylation is 1. The number of pyridine rings is 1. The summed E-state index contributed by atoms with van der Waals surface area (Å²) in [5, 5.41) is 3.22. The second-order valence-electron chi connectivity index (χ2n) is 8.50. The normalized spacial score (nSPS) is 21.9. The third-order valence-corrected chi connectivity index (χ3v) is 8.44. The van der Waals surface area contributed by atoms with Gasteiger partial charge in [0.25, 0.3) is 11.5 Å². The molecule has 2 saturated heterocycles. The van der Waals surface area contributed by atoms with Crippen molar-refractivity contribution in [3.05, 3.63) is 44.7 Å². The van der Waals surface area contributed by atoms with Crippen molar-refractivity contribution < 1.29 is 13.2 Å². The minimum absolute atomic E-state index is 0.0480. The summed E-state index contributed by atoms with van der Waals surface area (Å²) in [6, 6.07) is 3.20. The largest absolute Gasteiger partial charge is 0.369 e. The smallest absolute Gasteiger partial charge is 0.267 e. The third-order valence-electron chi connectivity index (χ3n) is 5.36. The van der Waals surface area contributed by atoms with Crippen LogP contribution in [0.4, 0.5) is 5.82 Å². The Morgan fingerprint density at radius 1 is 1.34 bits per heavy atom. The Balaban J connectivity index is 1.77. The van der Waals surface area contributed by atoms with E-state index in [1.807, 2.05) is 26.8 Å². The molecule has 2 fully saturated rings. The Morgan fingerprint density at radius 2 is 2.09 bits per heavy atom. The van der Waals surface area contributed by atoms with E-state index in [-0.39, 0.29) is 28.5 Å². The van der Waals surface area contributed by atoms with Crippen LogP contribution in [0.1, 0.15) is 31.4 Å². The first-order valence-electron chi connectivity index (χ1n) is 10.3. The SMILES string of the molecule is Cc1ccc2nc(NCC(C)C)c(/C=C3\SC(=S)N([C@H]4CCS(=O)(=O)C4)C3=O)c(=O)n2c1. The van der Waals surface area contributed by atoms with Gasteiger partial charge in [-0.15, -0.1) is 0 Å². The number of thiocarbonyl (C=S) groups is 1. The molecule has 2 aromatic heterocycles. The Kier molecular flexibility index (Phi) is 6.17. The molecule has 4 heterocycles. The molecule has 2 aromatic rings. The van der Waals surface area contributed by atoms with Gasteiger partial charge in [-0.1, -0.05) is 43.9 Å². The van der Waals surface area contributed by atoms with Gasteiger partial charge in [0.1, 0.15) is 15.8 Å². The fourth-order valence-electron chi connectivity index (χ4n) is 3.73. The first-order chi connectivity index (χ1) is 15.1. The van der Waals surface area contributed by atoms with Crippen LogP contribution < -0.4 is 10.9 Å². The van der Waals surface area contributed by atoms with Crippen LogP contribution >= 0.6 is 24.0 Å². The molecule has 0 radical (unpaired) electrons. The first-order valence-corrected chi connectivity index (χ1v) is 13.3. The maximum absolute atomic E-state index is 13.3. The number of anilines is 1. The minimum atomic E-state index is -3.17. The van der Waals surface area contributed by atoms with Gasteiger partial charge in [-0.25, -0.2) is 13.4 Å². The number of hydrogen-bond acceptors (Lipinski definition) is 8.